The quantitative estimate of drug-likeness (QED) is 0.845. The summed E-state index contributed by atoms with van der Waals surface area (Å²) >= 11 is 6.02. The van der Waals surface area contributed by atoms with Gasteiger partial charge in [-0.15, -0.1) is 0 Å². The molecule has 0 unspecified atom stereocenters. The summed E-state index contributed by atoms with van der Waals surface area (Å²) in [4.78, 5) is 16.0. The van der Waals surface area contributed by atoms with Crippen LogP contribution in [0.15, 0.2) is 18.5 Å². The molecule has 2 N–H and O–H groups in total. The SMILES string of the molecule is CC(C)(C)c1nc(Cl)cc(NCCc2ncc[nH]2)n1. The zero-order valence-corrected chi connectivity index (χ0v) is 12.1. The van der Waals surface area contributed by atoms with Crippen molar-refractivity contribution in [2.45, 2.75) is 32.6 Å². The third kappa shape index (κ3) is 3.92. The molecule has 6 heteroatoms. The molecular formula is C13H18ClN5. The highest BCUT2D eigenvalue weighted by Gasteiger charge is 2.18. The highest BCUT2D eigenvalue weighted by molar-refractivity contribution is 6.29. The lowest BCUT2D eigenvalue weighted by Gasteiger charge is -2.17. The van der Waals surface area contributed by atoms with E-state index >= 15 is 0 Å². The maximum absolute atomic E-state index is 6.02. The fourth-order valence-corrected chi connectivity index (χ4v) is 1.77. The van der Waals surface area contributed by atoms with Gasteiger partial charge in [-0.3, -0.25) is 0 Å². The van der Waals surface area contributed by atoms with Crippen LogP contribution in [0, 0.1) is 0 Å². The number of aromatic nitrogens is 4. The minimum absolute atomic E-state index is 0.123. The van der Waals surface area contributed by atoms with Crippen molar-refractivity contribution in [3.05, 3.63) is 35.3 Å². The van der Waals surface area contributed by atoms with Crippen LogP contribution in [0.4, 0.5) is 5.82 Å². The summed E-state index contributed by atoms with van der Waals surface area (Å²) < 4.78 is 0. The van der Waals surface area contributed by atoms with Gasteiger partial charge >= 0.3 is 0 Å². The van der Waals surface area contributed by atoms with Crippen molar-refractivity contribution in [3.8, 4) is 0 Å². The number of nitrogens with zero attached hydrogens (tertiary/aromatic N) is 3. The van der Waals surface area contributed by atoms with Gasteiger partial charge in [0.15, 0.2) is 0 Å². The molecule has 2 aromatic heterocycles. The number of nitrogens with one attached hydrogen (secondary N) is 2. The zero-order chi connectivity index (χ0) is 13.9. The summed E-state index contributed by atoms with van der Waals surface area (Å²) in [7, 11) is 0. The number of hydrogen-bond acceptors (Lipinski definition) is 4. The van der Waals surface area contributed by atoms with E-state index in [2.05, 4.69) is 46.0 Å². The lowest BCUT2D eigenvalue weighted by atomic mass is 9.96. The van der Waals surface area contributed by atoms with E-state index in [1.807, 2.05) is 6.20 Å². The smallest absolute Gasteiger partial charge is 0.137 e. The fraction of sp³-hybridized carbons (Fsp3) is 0.462. The largest absolute Gasteiger partial charge is 0.369 e. The molecule has 0 amide bonds. The number of hydrogen-bond donors (Lipinski definition) is 2. The van der Waals surface area contributed by atoms with Gasteiger partial charge in [0.2, 0.25) is 0 Å². The van der Waals surface area contributed by atoms with E-state index < -0.39 is 0 Å². The average molecular weight is 280 g/mol. The van der Waals surface area contributed by atoms with Crippen molar-refractivity contribution >= 4 is 17.4 Å². The second kappa shape index (κ2) is 5.57. The van der Waals surface area contributed by atoms with Crippen LogP contribution < -0.4 is 5.32 Å². The second-order valence-electron chi connectivity index (χ2n) is 5.36. The van der Waals surface area contributed by atoms with E-state index in [0.29, 0.717) is 5.15 Å². The minimum Gasteiger partial charge on any atom is -0.369 e. The van der Waals surface area contributed by atoms with Crippen LogP contribution in [0.25, 0.3) is 0 Å². The number of anilines is 1. The molecule has 0 spiro atoms. The molecule has 0 bridgehead atoms. The molecule has 0 saturated heterocycles. The van der Waals surface area contributed by atoms with Crippen LogP contribution in [0.1, 0.15) is 32.4 Å². The molecule has 5 nitrogen and oxygen atoms in total. The molecule has 19 heavy (non-hydrogen) atoms. The third-order valence-corrected chi connectivity index (χ3v) is 2.78. The third-order valence-electron chi connectivity index (χ3n) is 2.59. The number of halogens is 1. The second-order valence-corrected chi connectivity index (χ2v) is 5.75. The standard InChI is InChI=1S/C13H18ClN5/c1-13(2,3)12-18-9(14)8-11(19-12)15-5-4-10-16-6-7-17-10/h6-8H,4-5H2,1-3H3,(H,16,17)(H,15,18,19). The Morgan fingerprint density at radius 3 is 2.74 bits per heavy atom. The Labute approximate surface area is 117 Å². The molecule has 2 aromatic rings. The van der Waals surface area contributed by atoms with E-state index in [9.17, 15) is 0 Å². The molecule has 0 fully saturated rings. The highest BCUT2D eigenvalue weighted by Crippen LogP contribution is 2.22. The first-order valence-corrected chi connectivity index (χ1v) is 6.60. The van der Waals surface area contributed by atoms with E-state index in [4.69, 9.17) is 11.6 Å². The molecule has 0 aliphatic carbocycles. The first-order chi connectivity index (χ1) is 8.95. The number of H-pyrrole nitrogens is 1. The molecule has 0 atom stereocenters. The van der Waals surface area contributed by atoms with Gasteiger partial charge in [-0.2, -0.15) is 0 Å². The van der Waals surface area contributed by atoms with E-state index in [0.717, 1.165) is 30.4 Å². The van der Waals surface area contributed by atoms with Crippen molar-refractivity contribution in [2.75, 3.05) is 11.9 Å². The number of imidazole rings is 1. The molecule has 0 radical (unpaired) electrons. The van der Waals surface area contributed by atoms with Gasteiger partial charge in [0.1, 0.15) is 22.6 Å². The summed E-state index contributed by atoms with van der Waals surface area (Å²) in [6.07, 6.45) is 4.36. The molecule has 2 heterocycles. The van der Waals surface area contributed by atoms with Crippen molar-refractivity contribution in [2.24, 2.45) is 0 Å². The van der Waals surface area contributed by atoms with Crippen LogP contribution >= 0.6 is 11.6 Å². The van der Waals surface area contributed by atoms with Crippen LogP contribution in [0.2, 0.25) is 5.15 Å². The Morgan fingerprint density at radius 2 is 2.11 bits per heavy atom. The summed E-state index contributed by atoms with van der Waals surface area (Å²) in [5, 5.41) is 3.70. The molecule has 0 aromatic carbocycles. The molecule has 2 rings (SSSR count). The zero-order valence-electron chi connectivity index (χ0n) is 11.4. The minimum atomic E-state index is -0.123. The Balaban J connectivity index is 2.02. The van der Waals surface area contributed by atoms with Crippen LogP contribution in [0.3, 0.4) is 0 Å². The first-order valence-electron chi connectivity index (χ1n) is 6.22. The Hall–Kier alpha value is -1.62. The van der Waals surface area contributed by atoms with Crippen LogP contribution in [0.5, 0.6) is 0 Å². The Morgan fingerprint density at radius 1 is 1.32 bits per heavy atom. The number of aromatic amines is 1. The van der Waals surface area contributed by atoms with Gasteiger partial charge in [-0.25, -0.2) is 15.0 Å². The monoisotopic (exact) mass is 279 g/mol. The molecule has 0 aliphatic rings. The number of rotatable bonds is 4. The molecule has 0 saturated carbocycles. The predicted octanol–water partition coefficient (Wildman–Crippen LogP) is 2.81. The topological polar surface area (TPSA) is 66.5 Å². The Kier molecular flexibility index (Phi) is 4.04. The van der Waals surface area contributed by atoms with E-state index in [1.165, 1.54) is 0 Å². The van der Waals surface area contributed by atoms with Gasteiger partial charge in [0, 0.05) is 36.8 Å². The van der Waals surface area contributed by atoms with Crippen molar-refractivity contribution in [1.82, 2.24) is 19.9 Å². The van der Waals surface area contributed by atoms with Gasteiger partial charge in [-0.05, 0) is 0 Å². The summed E-state index contributed by atoms with van der Waals surface area (Å²) in [6.45, 7) is 6.92. The Bertz CT molecular complexity index is 530. The highest BCUT2D eigenvalue weighted by atomic mass is 35.5. The van der Waals surface area contributed by atoms with Crippen LogP contribution in [-0.2, 0) is 11.8 Å². The van der Waals surface area contributed by atoms with E-state index in [1.54, 1.807) is 12.3 Å². The lowest BCUT2D eigenvalue weighted by molar-refractivity contribution is 0.546. The van der Waals surface area contributed by atoms with E-state index in [-0.39, 0.29) is 5.41 Å². The summed E-state index contributed by atoms with van der Waals surface area (Å²) in [6, 6.07) is 1.74. The van der Waals surface area contributed by atoms with Gasteiger partial charge < -0.3 is 10.3 Å². The average Bonchev–Trinajstić information content (AvgIpc) is 2.80. The predicted molar refractivity (Wildman–Crippen MR) is 76.5 cm³/mol. The molecule has 0 aliphatic heterocycles. The maximum Gasteiger partial charge on any atom is 0.137 e. The molecule has 102 valence electrons. The van der Waals surface area contributed by atoms with Gasteiger partial charge in [0.25, 0.3) is 0 Å². The van der Waals surface area contributed by atoms with Gasteiger partial charge in [-0.1, -0.05) is 32.4 Å². The van der Waals surface area contributed by atoms with Crippen molar-refractivity contribution < 1.29 is 0 Å². The fourth-order valence-electron chi connectivity index (χ4n) is 1.59. The van der Waals surface area contributed by atoms with Gasteiger partial charge in [0.05, 0.1) is 0 Å². The van der Waals surface area contributed by atoms with Crippen LogP contribution in [-0.4, -0.2) is 26.5 Å². The van der Waals surface area contributed by atoms with Crippen molar-refractivity contribution in [3.63, 3.8) is 0 Å². The normalized spacial score (nSPS) is 11.6. The summed E-state index contributed by atoms with van der Waals surface area (Å²) in [5.74, 6) is 2.43. The first kappa shape index (κ1) is 13.8. The summed E-state index contributed by atoms with van der Waals surface area (Å²) in [5.41, 5.74) is -0.123. The lowest BCUT2D eigenvalue weighted by Crippen LogP contribution is -2.18. The van der Waals surface area contributed by atoms with Crippen molar-refractivity contribution in [1.29, 1.82) is 0 Å². The molecular weight excluding hydrogens is 262 g/mol. The maximum atomic E-state index is 6.02.